The SMILES string of the molecule is CC=C(CN1CCNC1)C(C)N1CCNCC1. The highest BCUT2D eigenvalue weighted by Crippen LogP contribution is 2.13. The van der Waals surface area contributed by atoms with E-state index < -0.39 is 0 Å². The molecule has 0 aromatic heterocycles. The number of nitrogens with zero attached hydrogens (tertiary/aromatic N) is 2. The van der Waals surface area contributed by atoms with E-state index in [1.165, 1.54) is 19.6 Å². The normalized spacial score (nSPS) is 26.4. The van der Waals surface area contributed by atoms with Crippen LogP contribution in [-0.2, 0) is 0 Å². The lowest BCUT2D eigenvalue weighted by atomic mass is 10.1. The van der Waals surface area contributed by atoms with Crippen LogP contribution in [0.5, 0.6) is 0 Å². The predicted molar refractivity (Wildman–Crippen MR) is 72.1 cm³/mol. The van der Waals surface area contributed by atoms with Crippen LogP contribution in [0.2, 0.25) is 0 Å². The summed E-state index contributed by atoms with van der Waals surface area (Å²) >= 11 is 0. The van der Waals surface area contributed by atoms with E-state index >= 15 is 0 Å². The first-order chi connectivity index (χ1) is 8.31. The van der Waals surface area contributed by atoms with Gasteiger partial charge in [0.2, 0.25) is 0 Å². The molecule has 1 atom stereocenters. The van der Waals surface area contributed by atoms with E-state index in [2.05, 4.69) is 40.4 Å². The average molecular weight is 238 g/mol. The van der Waals surface area contributed by atoms with Crippen molar-refractivity contribution in [2.45, 2.75) is 19.9 Å². The summed E-state index contributed by atoms with van der Waals surface area (Å²) in [5, 5.41) is 6.81. The number of hydrogen-bond donors (Lipinski definition) is 2. The van der Waals surface area contributed by atoms with Gasteiger partial charge in [-0.2, -0.15) is 0 Å². The fourth-order valence-corrected chi connectivity index (χ4v) is 2.72. The number of piperazine rings is 1. The summed E-state index contributed by atoms with van der Waals surface area (Å²) in [5.74, 6) is 0. The van der Waals surface area contributed by atoms with Gasteiger partial charge in [-0.25, -0.2) is 0 Å². The largest absolute Gasteiger partial charge is 0.314 e. The van der Waals surface area contributed by atoms with E-state index in [1.807, 2.05) is 0 Å². The Bertz CT molecular complexity index is 252. The van der Waals surface area contributed by atoms with E-state index in [9.17, 15) is 0 Å². The van der Waals surface area contributed by atoms with Crippen LogP contribution in [0.1, 0.15) is 13.8 Å². The summed E-state index contributed by atoms with van der Waals surface area (Å²) in [6.45, 7) is 13.6. The molecule has 2 aliphatic heterocycles. The molecule has 4 nitrogen and oxygen atoms in total. The molecule has 0 aromatic carbocycles. The lowest BCUT2D eigenvalue weighted by molar-refractivity contribution is 0.196. The Labute approximate surface area is 105 Å². The van der Waals surface area contributed by atoms with Crippen LogP contribution >= 0.6 is 0 Å². The topological polar surface area (TPSA) is 30.5 Å². The van der Waals surface area contributed by atoms with E-state index in [0.717, 1.165) is 32.8 Å². The molecule has 17 heavy (non-hydrogen) atoms. The number of nitrogens with one attached hydrogen (secondary N) is 2. The van der Waals surface area contributed by atoms with Gasteiger partial charge in [-0.15, -0.1) is 0 Å². The molecule has 4 heteroatoms. The first-order valence-electron chi connectivity index (χ1n) is 6.84. The van der Waals surface area contributed by atoms with Crippen molar-refractivity contribution in [1.29, 1.82) is 0 Å². The zero-order chi connectivity index (χ0) is 12.1. The quantitative estimate of drug-likeness (QED) is 0.680. The first-order valence-corrected chi connectivity index (χ1v) is 6.84. The molecule has 2 fully saturated rings. The van der Waals surface area contributed by atoms with E-state index in [0.29, 0.717) is 6.04 Å². The van der Waals surface area contributed by atoms with Gasteiger partial charge >= 0.3 is 0 Å². The highest BCUT2D eigenvalue weighted by molar-refractivity contribution is 5.12. The Morgan fingerprint density at radius 3 is 2.47 bits per heavy atom. The minimum Gasteiger partial charge on any atom is -0.314 e. The average Bonchev–Trinajstić information content (AvgIpc) is 2.89. The maximum atomic E-state index is 3.42. The van der Waals surface area contributed by atoms with Crippen molar-refractivity contribution in [3.8, 4) is 0 Å². The van der Waals surface area contributed by atoms with Crippen LogP contribution in [0, 0.1) is 0 Å². The van der Waals surface area contributed by atoms with Crippen molar-refractivity contribution >= 4 is 0 Å². The fraction of sp³-hybridized carbons (Fsp3) is 0.846. The first kappa shape index (κ1) is 13.0. The molecule has 0 radical (unpaired) electrons. The highest BCUT2D eigenvalue weighted by atomic mass is 15.3. The van der Waals surface area contributed by atoms with Crippen LogP contribution in [0.25, 0.3) is 0 Å². The summed E-state index contributed by atoms with van der Waals surface area (Å²) in [5.41, 5.74) is 1.57. The Hall–Kier alpha value is -0.420. The molecule has 0 amide bonds. The second-order valence-corrected chi connectivity index (χ2v) is 5.04. The number of allylic oxidation sites excluding steroid dienone is 1. The molecule has 98 valence electrons. The van der Waals surface area contributed by atoms with Crippen LogP contribution in [0.3, 0.4) is 0 Å². The van der Waals surface area contributed by atoms with Gasteiger partial charge in [0.15, 0.2) is 0 Å². The van der Waals surface area contributed by atoms with E-state index in [-0.39, 0.29) is 0 Å². The zero-order valence-electron chi connectivity index (χ0n) is 11.2. The van der Waals surface area contributed by atoms with Gasteiger partial charge in [0.05, 0.1) is 0 Å². The molecule has 2 aliphatic rings. The molecule has 2 rings (SSSR count). The smallest absolute Gasteiger partial charge is 0.0484 e. The van der Waals surface area contributed by atoms with Crippen LogP contribution in [0.4, 0.5) is 0 Å². The molecule has 2 heterocycles. The maximum Gasteiger partial charge on any atom is 0.0484 e. The molecule has 0 bridgehead atoms. The van der Waals surface area contributed by atoms with E-state index in [1.54, 1.807) is 5.57 Å². The van der Waals surface area contributed by atoms with Crippen LogP contribution in [0.15, 0.2) is 11.6 Å². The monoisotopic (exact) mass is 238 g/mol. The molecule has 0 saturated carbocycles. The third-order valence-electron chi connectivity index (χ3n) is 3.95. The lowest BCUT2D eigenvalue weighted by Crippen LogP contribution is -2.49. The van der Waals surface area contributed by atoms with Gasteiger partial charge < -0.3 is 10.6 Å². The molecule has 2 N–H and O–H groups in total. The van der Waals surface area contributed by atoms with Gasteiger partial charge in [0.1, 0.15) is 0 Å². The minimum absolute atomic E-state index is 0.586. The van der Waals surface area contributed by atoms with Crippen molar-refractivity contribution in [2.24, 2.45) is 0 Å². The minimum atomic E-state index is 0.586. The third-order valence-corrected chi connectivity index (χ3v) is 3.95. The van der Waals surface area contributed by atoms with Crippen LogP contribution in [-0.4, -0.2) is 68.3 Å². The molecular formula is C13H26N4. The molecule has 0 aliphatic carbocycles. The number of hydrogen-bond acceptors (Lipinski definition) is 4. The Morgan fingerprint density at radius 2 is 1.88 bits per heavy atom. The van der Waals surface area contributed by atoms with Crippen molar-refractivity contribution in [3.63, 3.8) is 0 Å². The third kappa shape index (κ3) is 3.52. The Balaban J connectivity index is 1.87. The van der Waals surface area contributed by atoms with Gasteiger partial charge in [-0.1, -0.05) is 6.08 Å². The Morgan fingerprint density at radius 1 is 1.18 bits per heavy atom. The highest BCUT2D eigenvalue weighted by Gasteiger charge is 2.21. The molecule has 0 spiro atoms. The molecule has 1 unspecified atom stereocenters. The zero-order valence-corrected chi connectivity index (χ0v) is 11.2. The maximum absolute atomic E-state index is 3.42. The van der Waals surface area contributed by atoms with Gasteiger partial charge in [-0.05, 0) is 19.4 Å². The van der Waals surface area contributed by atoms with Crippen LogP contribution < -0.4 is 10.6 Å². The lowest BCUT2D eigenvalue weighted by Gasteiger charge is -2.35. The van der Waals surface area contributed by atoms with Crippen molar-refractivity contribution in [1.82, 2.24) is 20.4 Å². The van der Waals surface area contributed by atoms with Crippen molar-refractivity contribution in [2.75, 3.05) is 52.5 Å². The van der Waals surface area contributed by atoms with Gasteiger partial charge in [-0.3, -0.25) is 9.80 Å². The second-order valence-electron chi connectivity index (χ2n) is 5.04. The van der Waals surface area contributed by atoms with Crippen molar-refractivity contribution < 1.29 is 0 Å². The standard InChI is InChI=1S/C13H26N4/c1-3-13(10-16-7-4-15-11-16)12(2)17-8-5-14-6-9-17/h3,12,14-15H,4-11H2,1-2H3. The van der Waals surface area contributed by atoms with Gasteiger partial charge in [0.25, 0.3) is 0 Å². The molecule has 2 saturated heterocycles. The van der Waals surface area contributed by atoms with Crippen molar-refractivity contribution in [3.05, 3.63) is 11.6 Å². The summed E-state index contributed by atoms with van der Waals surface area (Å²) < 4.78 is 0. The summed E-state index contributed by atoms with van der Waals surface area (Å²) in [7, 11) is 0. The van der Waals surface area contributed by atoms with E-state index in [4.69, 9.17) is 0 Å². The van der Waals surface area contributed by atoms with Gasteiger partial charge in [0, 0.05) is 58.5 Å². The second kappa shape index (κ2) is 6.50. The summed E-state index contributed by atoms with van der Waals surface area (Å²) in [6.07, 6.45) is 2.31. The molecular weight excluding hydrogens is 212 g/mol. The summed E-state index contributed by atoms with van der Waals surface area (Å²) in [6, 6.07) is 0.586. The number of rotatable bonds is 4. The predicted octanol–water partition coefficient (Wildman–Crippen LogP) is 0.0891. The fourth-order valence-electron chi connectivity index (χ4n) is 2.72. The molecule has 0 aromatic rings. The Kier molecular flexibility index (Phi) is 4.98. The summed E-state index contributed by atoms with van der Waals surface area (Å²) in [4.78, 5) is 5.09.